The summed E-state index contributed by atoms with van der Waals surface area (Å²) in [5, 5.41) is 7.36. The quantitative estimate of drug-likeness (QED) is 0.387. The maximum absolute atomic E-state index is 7.36. The van der Waals surface area contributed by atoms with E-state index in [1.165, 1.54) is 0 Å². The van der Waals surface area contributed by atoms with Crippen molar-refractivity contribution in [3.8, 4) is 0 Å². The van der Waals surface area contributed by atoms with Crippen molar-refractivity contribution in [3.63, 3.8) is 0 Å². The highest BCUT2D eigenvalue weighted by atomic mass is 14.7. The molecule has 0 rings (SSSR count). The molecule has 60 valence electrons. The van der Waals surface area contributed by atoms with Gasteiger partial charge in [-0.25, -0.2) is 0 Å². The van der Waals surface area contributed by atoms with Gasteiger partial charge in [0.15, 0.2) is 0 Å². The zero-order valence-electron chi connectivity index (χ0n) is 6.56. The summed E-state index contributed by atoms with van der Waals surface area (Å²) >= 11 is 0. The van der Waals surface area contributed by atoms with Crippen LogP contribution in [0.3, 0.4) is 0 Å². The second-order valence-electron chi connectivity index (χ2n) is 2.56. The smallest absolute Gasteiger partial charge is 0.0394 e. The average Bonchev–Trinajstić information content (AvgIpc) is 1.88. The van der Waals surface area contributed by atoms with Crippen LogP contribution in [0.5, 0.6) is 0 Å². The van der Waals surface area contributed by atoms with Gasteiger partial charge in [0.05, 0.1) is 0 Å². The lowest BCUT2D eigenvalue weighted by atomic mass is 10.1. The van der Waals surface area contributed by atoms with Gasteiger partial charge in [0.1, 0.15) is 0 Å². The van der Waals surface area contributed by atoms with Crippen LogP contribution in [0.15, 0.2) is 0 Å². The molecular formula is C7H17N3. The van der Waals surface area contributed by atoms with Gasteiger partial charge in [0, 0.05) is 11.8 Å². The number of hydrogen-bond donors (Lipinski definition) is 3. The van der Waals surface area contributed by atoms with Gasteiger partial charge in [0.2, 0.25) is 0 Å². The third kappa shape index (κ3) is 4.47. The van der Waals surface area contributed by atoms with Crippen molar-refractivity contribution in [1.29, 1.82) is 5.41 Å². The fourth-order valence-corrected chi connectivity index (χ4v) is 0.687. The SMILES string of the molecule is CC(N)C(=N)CCCCN. The molecule has 3 heteroatoms. The van der Waals surface area contributed by atoms with Gasteiger partial charge in [-0.1, -0.05) is 0 Å². The van der Waals surface area contributed by atoms with Gasteiger partial charge < -0.3 is 16.9 Å². The van der Waals surface area contributed by atoms with Gasteiger partial charge in [-0.05, 0) is 32.7 Å². The minimum Gasteiger partial charge on any atom is -0.330 e. The highest BCUT2D eigenvalue weighted by molar-refractivity contribution is 5.85. The maximum atomic E-state index is 7.36. The van der Waals surface area contributed by atoms with Crippen molar-refractivity contribution < 1.29 is 0 Å². The molecule has 5 N–H and O–H groups in total. The van der Waals surface area contributed by atoms with E-state index in [0.29, 0.717) is 12.3 Å². The van der Waals surface area contributed by atoms with Crippen LogP contribution in [-0.2, 0) is 0 Å². The Kier molecular flexibility index (Phi) is 5.16. The zero-order valence-corrected chi connectivity index (χ0v) is 6.56. The number of hydrogen-bond acceptors (Lipinski definition) is 3. The zero-order chi connectivity index (χ0) is 7.98. The lowest BCUT2D eigenvalue weighted by Gasteiger charge is -2.05. The molecule has 0 fully saturated rings. The van der Waals surface area contributed by atoms with Gasteiger partial charge in [-0.2, -0.15) is 0 Å². The van der Waals surface area contributed by atoms with E-state index in [-0.39, 0.29) is 6.04 Å². The summed E-state index contributed by atoms with van der Waals surface area (Å²) in [7, 11) is 0. The maximum Gasteiger partial charge on any atom is 0.0394 e. The van der Waals surface area contributed by atoms with Crippen molar-refractivity contribution in [2.75, 3.05) is 6.54 Å². The Morgan fingerprint density at radius 3 is 2.50 bits per heavy atom. The van der Waals surface area contributed by atoms with E-state index in [2.05, 4.69) is 0 Å². The van der Waals surface area contributed by atoms with Crippen LogP contribution >= 0.6 is 0 Å². The van der Waals surface area contributed by atoms with E-state index < -0.39 is 0 Å². The summed E-state index contributed by atoms with van der Waals surface area (Å²) in [5.74, 6) is 0. The Morgan fingerprint density at radius 1 is 1.50 bits per heavy atom. The molecule has 0 aromatic carbocycles. The van der Waals surface area contributed by atoms with Gasteiger partial charge in [-0.3, -0.25) is 0 Å². The molecule has 0 radical (unpaired) electrons. The van der Waals surface area contributed by atoms with E-state index in [9.17, 15) is 0 Å². The third-order valence-electron chi connectivity index (χ3n) is 1.45. The molecule has 0 aliphatic carbocycles. The average molecular weight is 143 g/mol. The molecule has 0 aliphatic rings. The summed E-state index contributed by atoms with van der Waals surface area (Å²) in [6.07, 6.45) is 2.79. The normalized spacial score (nSPS) is 13.1. The molecule has 0 spiro atoms. The van der Waals surface area contributed by atoms with Crippen molar-refractivity contribution in [2.45, 2.75) is 32.2 Å². The number of nitrogens with two attached hydrogens (primary N) is 2. The minimum absolute atomic E-state index is 0.0854. The van der Waals surface area contributed by atoms with E-state index in [4.69, 9.17) is 16.9 Å². The number of rotatable bonds is 5. The molecule has 1 atom stereocenters. The second-order valence-corrected chi connectivity index (χ2v) is 2.56. The predicted molar refractivity (Wildman–Crippen MR) is 44.3 cm³/mol. The highest BCUT2D eigenvalue weighted by Gasteiger charge is 2.00. The fourth-order valence-electron chi connectivity index (χ4n) is 0.687. The first kappa shape index (κ1) is 9.59. The molecule has 10 heavy (non-hydrogen) atoms. The first-order chi connectivity index (χ1) is 4.68. The van der Waals surface area contributed by atoms with E-state index in [1.807, 2.05) is 6.92 Å². The Balaban J connectivity index is 3.22. The molecular weight excluding hydrogens is 126 g/mol. The van der Waals surface area contributed by atoms with Crippen LogP contribution < -0.4 is 11.5 Å². The summed E-state index contributed by atoms with van der Waals surface area (Å²) < 4.78 is 0. The monoisotopic (exact) mass is 143 g/mol. The van der Waals surface area contributed by atoms with Crippen molar-refractivity contribution in [2.24, 2.45) is 11.5 Å². The molecule has 0 saturated carbocycles. The Morgan fingerprint density at radius 2 is 2.10 bits per heavy atom. The largest absolute Gasteiger partial charge is 0.330 e. The Labute approximate surface area is 62.3 Å². The summed E-state index contributed by atoms with van der Waals surface area (Å²) in [6.45, 7) is 2.55. The van der Waals surface area contributed by atoms with Crippen molar-refractivity contribution >= 4 is 5.71 Å². The molecule has 0 aromatic heterocycles. The molecule has 0 aliphatic heterocycles. The summed E-state index contributed by atoms with van der Waals surface area (Å²) in [5.41, 5.74) is 11.4. The van der Waals surface area contributed by atoms with E-state index in [0.717, 1.165) is 19.3 Å². The van der Waals surface area contributed by atoms with Gasteiger partial charge >= 0.3 is 0 Å². The van der Waals surface area contributed by atoms with Gasteiger partial charge in [0.25, 0.3) is 0 Å². The van der Waals surface area contributed by atoms with Crippen LogP contribution in [0.2, 0.25) is 0 Å². The van der Waals surface area contributed by atoms with Crippen LogP contribution in [0, 0.1) is 5.41 Å². The standard InChI is InChI=1S/C7H17N3/c1-6(9)7(10)4-2-3-5-8/h6,10H,2-5,8-9H2,1H3. The lowest BCUT2D eigenvalue weighted by Crippen LogP contribution is -2.25. The number of nitrogens with one attached hydrogen (secondary N) is 1. The van der Waals surface area contributed by atoms with Crippen molar-refractivity contribution in [1.82, 2.24) is 0 Å². The first-order valence-electron chi connectivity index (χ1n) is 3.71. The van der Waals surface area contributed by atoms with Crippen LogP contribution in [0.1, 0.15) is 26.2 Å². The van der Waals surface area contributed by atoms with E-state index >= 15 is 0 Å². The molecule has 0 bridgehead atoms. The molecule has 3 nitrogen and oxygen atoms in total. The highest BCUT2D eigenvalue weighted by Crippen LogP contribution is 1.96. The molecule has 0 heterocycles. The lowest BCUT2D eigenvalue weighted by molar-refractivity contribution is 0.755. The predicted octanol–water partition coefficient (Wildman–Crippen LogP) is 0.482. The molecule has 1 unspecified atom stereocenters. The fraction of sp³-hybridized carbons (Fsp3) is 0.857. The Hall–Kier alpha value is -0.410. The Bertz CT molecular complexity index is 99.0. The van der Waals surface area contributed by atoms with Crippen LogP contribution in [-0.4, -0.2) is 18.3 Å². The van der Waals surface area contributed by atoms with Crippen molar-refractivity contribution in [3.05, 3.63) is 0 Å². The minimum atomic E-state index is -0.0854. The van der Waals surface area contributed by atoms with Gasteiger partial charge in [-0.15, -0.1) is 0 Å². The second kappa shape index (κ2) is 5.38. The topological polar surface area (TPSA) is 75.9 Å². The van der Waals surface area contributed by atoms with E-state index in [1.54, 1.807) is 0 Å². The van der Waals surface area contributed by atoms with Crippen LogP contribution in [0.25, 0.3) is 0 Å². The molecule has 0 aromatic rings. The molecule has 0 amide bonds. The third-order valence-corrected chi connectivity index (χ3v) is 1.45. The summed E-state index contributed by atoms with van der Waals surface area (Å²) in [4.78, 5) is 0. The number of unbranched alkanes of at least 4 members (excludes halogenated alkanes) is 1. The first-order valence-corrected chi connectivity index (χ1v) is 3.71. The van der Waals surface area contributed by atoms with Crippen LogP contribution in [0.4, 0.5) is 0 Å². The summed E-state index contributed by atoms with van der Waals surface area (Å²) in [6, 6.07) is -0.0854. The molecule has 0 saturated heterocycles.